The first-order valence-corrected chi connectivity index (χ1v) is 8.56. The summed E-state index contributed by atoms with van der Waals surface area (Å²) >= 11 is 0. The molecule has 1 N–H and O–H groups in total. The molecular weight excluding hydrogens is 242 g/mol. The van der Waals surface area contributed by atoms with Gasteiger partial charge in [0.2, 0.25) is 0 Å². The maximum atomic E-state index is 3.79. The lowest BCUT2D eigenvalue weighted by atomic mass is 9.99. The molecule has 3 rings (SSSR count). The van der Waals surface area contributed by atoms with Crippen LogP contribution in [-0.4, -0.2) is 6.54 Å². The second-order valence-electron chi connectivity index (χ2n) is 7.08. The molecule has 1 heteroatoms. The number of unbranched alkanes of at least 4 members (excludes halogenated alkanes) is 1. The van der Waals surface area contributed by atoms with Crippen LogP contribution in [0.4, 0.5) is 0 Å². The number of nitrogens with one attached hydrogen (secondary N) is 1. The van der Waals surface area contributed by atoms with Crippen molar-refractivity contribution >= 4 is 0 Å². The van der Waals surface area contributed by atoms with Crippen LogP contribution in [0.25, 0.3) is 0 Å². The van der Waals surface area contributed by atoms with Gasteiger partial charge in [0.05, 0.1) is 0 Å². The normalized spacial score (nSPS) is 21.7. The molecule has 1 aromatic carbocycles. The Hall–Kier alpha value is -0.820. The van der Waals surface area contributed by atoms with Gasteiger partial charge in [-0.3, -0.25) is 0 Å². The summed E-state index contributed by atoms with van der Waals surface area (Å²) in [5.41, 5.74) is 3.63. The second kappa shape index (κ2) is 5.89. The number of aryl methyl sites for hydroxylation is 1. The van der Waals surface area contributed by atoms with Crippen LogP contribution in [0.15, 0.2) is 24.3 Å². The summed E-state index contributed by atoms with van der Waals surface area (Å²) in [5.74, 6) is 1.05. The maximum absolute atomic E-state index is 3.79. The highest BCUT2D eigenvalue weighted by Crippen LogP contribution is 2.60. The van der Waals surface area contributed by atoms with E-state index in [2.05, 4.69) is 43.4 Å². The van der Waals surface area contributed by atoms with Gasteiger partial charge < -0.3 is 5.32 Å². The van der Waals surface area contributed by atoms with Crippen LogP contribution in [0, 0.1) is 11.3 Å². The molecule has 0 spiro atoms. The average molecular weight is 271 g/mol. The summed E-state index contributed by atoms with van der Waals surface area (Å²) in [6, 6.07) is 9.76. The molecule has 2 aliphatic rings. The zero-order valence-corrected chi connectivity index (χ0v) is 13.1. The Labute approximate surface area is 124 Å². The van der Waals surface area contributed by atoms with Crippen LogP contribution >= 0.6 is 0 Å². The SMILES string of the molecule is CCCCc1ccc(C(C)NCC2(C3CC3)CC2)cc1. The molecule has 2 fully saturated rings. The zero-order valence-electron chi connectivity index (χ0n) is 13.1. The third kappa shape index (κ3) is 3.25. The lowest BCUT2D eigenvalue weighted by Gasteiger charge is -2.20. The fourth-order valence-electron chi connectivity index (χ4n) is 3.41. The summed E-state index contributed by atoms with van der Waals surface area (Å²) in [7, 11) is 0. The van der Waals surface area contributed by atoms with E-state index in [1.54, 1.807) is 0 Å². The molecule has 1 unspecified atom stereocenters. The van der Waals surface area contributed by atoms with Crippen LogP contribution < -0.4 is 5.32 Å². The molecule has 0 saturated heterocycles. The molecule has 0 bridgehead atoms. The molecule has 1 aromatic rings. The fraction of sp³-hybridized carbons (Fsp3) is 0.684. The van der Waals surface area contributed by atoms with E-state index in [1.807, 2.05) is 0 Å². The molecule has 0 heterocycles. The van der Waals surface area contributed by atoms with Crippen molar-refractivity contribution in [1.29, 1.82) is 0 Å². The first-order valence-electron chi connectivity index (χ1n) is 8.56. The molecule has 1 nitrogen and oxygen atoms in total. The Morgan fingerprint density at radius 1 is 1.20 bits per heavy atom. The van der Waals surface area contributed by atoms with Crippen molar-refractivity contribution in [2.45, 2.75) is 64.8 Å². The zero-order chi connectivity index (χ0) is 14.0. The minimum atomic E-state index is 0.492. The van der Waals surface area contributed by atoms with Crippen LogP contribution in [0.2, 0.25) is 0 Å². The Kier molecular flexibility index (Phi) is 4.16. The Morgan fingerprint density at radius 2 is 1.90 bits per heavy atom. The largest absolute Gasteiger partial charge is 0.310 e. The van der Waals surface area contributed by atoms with Gasteiger partial charge in [0.1, 0.15) is 0 Å². The van der Waals surface area contributed by atoms with E-state index in [1.165, 1.54) is 62.6 Å². The van der Waals surface area contributed by atoms with Crippen LogP contribution in [0.1, 0.15) is 69.5 Å². The van der Waals surface area contributed by atoms with Crippen LogP contribution in [0.3, 0.4) is 0 Å². The lowest BCUT2D eigenvalue weighted by Crippen LogP contribution is -2.28. The van der Waals surface area contributed by atoms with Crippen molar-refractivity contribution in [2.75, 3.05) is 6.54 Å². The summed E-state index contributed by atoms with van der Waals surface area (Å²) in [6.45, 7) is 5.80. The van der Waals surface area contributed by atoms with Gasteiger partial charge in [-0.1, -0.05) is 37.6 Å². The molecule has 110 valence electrons. The van der Waals surface area contributed by atoms with Crippen molar-refractivity contribution in [3.8, 4) is 0 Å². The Bertz CT molecular complexity index is 426. The van der Waals surface area contributed by atoms with E-state index < -0.39 is 0 Å². The summed E-state index contributed by atoms with van der Waals surface area (Å²) in [4.78, 5) is 0. The van der Waals surface area contributed by atoms with Gasteiger partial charge in [0.25, 0.3) is 0 Å². The first-order chi connectivity index (χ1) is 9.73. The van der Waals surface area contributed by atoms with E-state index >= 15 is 0 Å². The summed E-state index contributed by atoms with van der Waals surface area (Å²) in [6.07, 6.45) is 9.72. The van der Waals surface area contributed by atoms with Gasteiger partial charge in [-0.15, -0.1) is 0 Å². The molecule has 20 heavy (non-hydrogen) atoms. The van der Waals surface area contributed by atoms with Gasteiger partial charge in [-0.2, -0.15) is 0 Å². The van der Waals surface area contributed by atoms with Crippen molar-refractivity contribution < 1.29 is 0 Å². The van der Waals surface area contributed by atoms with Gasteiger partial charge in [0, 0.05) is 12.6 Å². The monoisotopic (exact) mass is 271 g/mol. The summed E-state index contributed by atoms with van der Waals surface area (Å²) in [5, 5.41) is 3.79. The van der Waals surface area contributed by atoms with Gasteiger partial charge in [0.15, 0.2) is 0 Å². The summed E-state index contributed by atoms with van der Waals surface area (Å²) < 4.78 is 0. The molecule has 0 amide bonds. The minimum absolute atomic E-state index is 0.492. The van der Waals surface area contributed by atoms with Crippen LogP contribution in [0.5, 0.6) is 0 Å². The molecule has 1 atom stereocenters. The molecule has 0 aromatic heterocycles. The molecule has 0 aliphatic heterocycles. The van der Waals surface area contributed by atoms with Crippen molar-refractivity contribution in [1.82, 2.24) is 5.32 Å². The highest BCUT2D eigenvalue weighted by atomic mass is 14.9. The second-order valence-corrected chi connectivity index (χ2v) is 7.08. The highest BCUT2D eigenvalue weighted by molar-refractivity contribution is 5.25. The standard InChI is InChI=1S/C19H29N/c1-3-4-5-16-6-8-17(9-7-16)15(2)20-14-19(12-13-19)18-10-11-18/h6-9,15,18,20H,3-5,10-14H2,1-2H3. The van der Waals surface area contributed by atoms with Crippen molar-refractivity contribution in [3.05, 3.63) is 35.4 Å². The quantitative estimate of drug-likeness (QED) is 0.711. The lowest BCUT2D eigenvalue weighted by molar-refractivity contribution is 0.382. The third-order valence-corrected chi connectivity index (χ3v) is 5.39. The molecule has 2 aliphatic carbocycles. The van der Waals surface area contributed by atoms with E-state index in [4.69, 9.17) is 0 Å². The predicted molar refractivity (Wildman–Crippen MR) is 85.9 cm³/mol. The van der Waals surface area contributed by atoms with E-state index in [-0.39, 0.29) is 0 Å². The number of hydrogen-bond donors (Lipinski definition) is 1. The number of benzene rings is 1. The highest BCUT2D eigenvalue weighted by Gasteiger charge is 2.53. The first kappa shape index (κ1) is 14.1. The van der Waals surface area contributed by atoms with E-state index in [0.717, 1.165) is 5.92 Å². The van der Waals surface area contributed by atoms with Crippen LogP contribution in [-0.2, 0) is 6.42 Å². The van der Waals surface area contributed by atoms with Crippen molar-refractivity contribution in [3.63, 3.8) is 0 Å². The molecule has 0 radical (unpaired) electrons. The maximum Gasteiger partial charge on any atom is 0.0292 e. The average Bonchev–Trinajstić information content (AvgIpc) is 3.36. The number of hydrogen-bond acceptors (Lipinski definition) is 1. The van der Waals surface area contributed by atoms with Gasteiger partial charge >= 0.3 is 0 Å². The fourth-order valence-corrected chi connectivity index (χ4v) is 3.41. The molecule has 2 saturated carbocycles. The van der Waals surface area contributed by atoms with E-state index in [9.17, 15) is 0 Å². The van der Waals surface area contributed by atoms with Crippen molar-refractivity contribution in [2.24, 2.45) is 11.3 Å². The Morgan fingerprint density at radius 3 is 2.45 bits per heavy atom. The Balaban J connectivity index is 1.50. The predicted octanol–water partition coefficient (Wildman–Crippen LogP) is 4.87. The molecular formula is C19H29N. The van der Waals surface area contributed by atoms with Gasteiger partial charge in [-0.05, 0) is 67.9 Å². The number of rotatable bonds is 8. The smallest absolute Gasteiger partial charge is 0.0292 e. The van der Waals surface area contributed by atoms with Gasteiger partial charge in [-0.25, -0.2) is 0 Å². The van der Waals surface area contributed by atoms with E-state index in [0.29, 0.717) is 11.5 Å². The third-order valence-electron chi connectivity index (χ3n) is 5.39. The minimum Gasteiger partial charge on any atom is -0.310 e. The topological polar surface area (TPSA) is 12.0 Å².